The van der Waals surface area contributed by atoms with E-state index in [0.29, 0.717) is 0 Å². The summed E-state index contributed by atoms with van der Waals surface area (Å²) in [5.74, 6) is -0.258. The molecule has 0 aliphatic heterocycles. The van der Waals surface area contributed by atoms with E-state index in [1.165, 1.54) is 36.6 Å². The number of hydrogen-bond donors (Lipinski definition) is 1. The number of nitro benzene ring substituents is 1. The normalized spacial score (nSPS) is 14.6. The summed E-state index contributed by atoms with van der Waals surface area (Å²) in [6.07, 6.45) is 5.29. The molecule has 1 fully saturated rings. The van der Waals surface area contributed by atoms with E-state index in [4.69, 9.17) is 9.47 Å². The number of rotatable bonds is 10. The number of amides is 2. The van der Waals surface area contributed by atoms with Crippen LogP contribution < -0.4 is 14.8 Å². The lowest BCUT2D eigenvalue weighted by Gasteiger charge is -2.31. The molecule has 34 heavy (non-hydrogen) atoms. The molecule has 1 aliphatic rings. The van der Waals surface area contributed by atoms with Crippen LogP contribution in [-0.2, 0) is 16.1 Å². The van der Waals surface area contributed by atoms with Crippen LogP contribution in [0.4, 0.5) is 5.69 Å². The van der Waals surface area contributed by atoms with E-state index in [-0.39, 0.29) is 48.2 Å². The molecule has 1 N–H and O–H groups in total. The smallest absolute Gasteiger partial charge is 0.311 e. The second-order valence-electron chi connectivity index (χ2n) is 8.41. The van der Waals surface area contributed by atoms with Gasteiger partial charge in [0.05, 0.1) is 12.0 Å². The highest BCUT2D eigenvalue weighted by Gasteiger charge is 2.28. The van der Waals surface area contributed by atoms with Gasteiger partial charge in [-0.1, -0.05) is 49.6 Å². The molecule has 1 aliphatic carbocycles. The first-order chi connectivity index (χ1) is 16.4. The van der Waals surface area contributed by atoms with E-state index in [1.807, 2.05) is 30.3 Å². The van der Waals surface area contributed by atoms with Crippen LogP contribution in [0.1, 0.15) is 44.6 Å². The molecular formula is C25H31N3O6. The third kappa shape index (κ3) is 6.69. The summed E-state index contributed by atoms with van der Waals surface area (Å²) in [4.78, 5) is 38.2. The SMILES string of the molecule is COc1cc(OCC(=O)N(Cc2ccccc2)C(C)C(=O)NC2CCCCC2)ccc1[N+](=O)[O-]. The largest absolute Gasteiger partial charge is 0.490 e. The first-order valence-electron chi connectivity index (χ1n) is 11.5. The summed E-state index contributed by atoms with van der Waals surface area (Å²) in [6, 6.07) is 12.9. The number of hydrogen-bond acceptors (Lipinski definition) is 6. The fourth-order valence-corrected chi connectivity index (χ4v) is 4.06. The van der Waals surface area contributed by atoms with Gasteiger partial charge in [0, 0.05) is 24.7 Å². The van der Waals surface area contributed by atoms with Crippen LogP contribution in [-0.4, -0.2) is 47.4 Å². The summed E-state index contributed by atoms with van der Waals surface area (Å²) in [6.45, 7) is 1.65. The Labute approximate surface area is 199 Å². The molecule has 0 aromatic heterocycles. The monoisotopic (exact) mass is 469 g/mol. The molecule has 9 heteroatoms. The van der Waals surface area contributed by atoms with Gasteiger partial charge in [0.25, 0.3) is 5.91 Å². The van der Waals surface area contributed by atoms with Crippen molar-refractivity contribution >= 4 is 17.5 Å². The number of methoxy groups -OCH3 is 1. The predicted molar refractivity (Wildman–Crippen MR) is 127 cm³/mol. The minimum Gasteiger partial charge on any atom is -0.490 e. The highest BCUT2D eigenvalue weighted by molar-refractivity contribution is 5.88. The van der Waals surface area contributed by atoms with E-state index >= 15 is 0 Å². The molecule has 2 amide bonds. The average molecular weight is 470 g/mol. The maximum Gasteiger partial charge on any atom is 0.311 e. The van der Waals surface area contributed by atoms with E-state index in [0.717, 1.165) is 31.2 Å². The zero-order valence-electron chi connectivity index (χ0n) is 19.6. The van der Waals surface area contributed by atoms with Crippen molar-refractivity contribution in [2.45, 2.75) is 57.7 Å². The number of nitrogens with one attached hydrogen (secondary N) is 1. The van der Waals surface area contributed by atoms with Gasteiger partial charge in [-0.25, -0.2) is 0 Å². The van der Waals surface area contributed by atoms with Gasteiger partial charge in [0.2, 0.25) is 11.7 Å². The van der Waals surface area contributed by atoms with Crippen molar-refractivity contribution in [3.8, 4) is 11.5 Å². The van der Waals surface area contributed by atoms with Crippen LogP contribution in [0, 0.1) is 10.1 Å². The first kappa shape index (κ1) is 25.0. The molecule has 1 unspecified atom stereocenters. The number of ether oxygens (including phenoxy) is 2. The van der Waals surface area contributed by atoms with Gasteiger partial charge in [-0.15, -0.1) is 0 Å². The van der Waals surface area contributed by atoms with Gasteiger partial charge in [-0.05, 0) is 31.4 Å². The number of carbonyl (C=O) groups is 2. The first-order valence-corrected chi connectivity index (χ1v) is 11.5. The van der Waals surface area contributed by atoms with Crippen LogP contribution in [0.5, 0.6) is 11.5 Å². The fraction of sp³-hybridized carbons (Fsp3) is 0.440. The Balaban J connectivity index is 1.71. The second-order valence-corrected chi connectivity index (χ2v) is 8.41. The van der Waals surface area contributed by atoms with E-state index in [1.54, 1.807) is 6.92 Å². The molecule has 9 nitrogen and oxygen atoms in total. The topological polar surface area (TPSA) is 111 Å². The molecule has 0 heterocycles. The summed E-state index contributed by atoms with van der Waals surface area (Å²) in [5.41, 5.74) is 0.699. The van der Waals surface area contributed by atoms with Crippen molar-refractivity contribution in [2.75, 3.05) is 13.7 Å². The van der Waals surface area contributed by atoms with Crippen LogP contribution >= 0.6 is 0 Å². The van der Waals surface area contributed by atoms with Gasteiger partial charge in [0.1, 0.15) is 11.8 Å². The van der Waals surface area contributed by atoms with Crippen molar-refractivity contribution in [3.05, 3.63) is 64.2 Å². The van der Waals surface area contributed by atoms with Crippen molar-refractivity contribution in [3.63, 3.8) is 0 Å². The molecule has 2 aromatic rings. The Hall–Kier alpha value is -3.62. The number of carbonyl (C=O) groups excluding carboxylic acids is 2. The second kappa shape index (κ2) is 12.0. The van der Waals surface area contributed by atoms with Crippen molar-refractivity contribution in [2.24, 2.45) is 0 Å². The highest BCUT2D eigenvalue weighted by Crippen LogP contribution is 2.30. The van der Waals surface area contributed by atoms with Gasteiger partial charge in [-0.2, -0.15) is 0 Å². The van der Waals surface area contributed by atoms with E-state index < -0.39 is 11.0 Å². The molecule has 182 valence electrons. The van der Waals surface area contributed by atoms with Crippen LogP contribution in [0.25, 0.3) is 0 Å². The zero-order valence-corrected chi connectivity index (χ0v) is 19.6. The van der Waals surface area contributed by atoms with Crippen molar-refractivity contribution in [1.82, 2.24) is 10.2 Å². The summed E-state index contributed by atoms with van der Waals surface area (Å²) in [5, 5.41) is 14.2. The fourth-order valence-electron chi connectivity index (χ4n) is 4.06. The van der Waals surface area contributed by atoms with Crippen molar-refractivity contribution < 1.29 is 24.0 Å². The number of nitro groups is 1. The summed E-state index contributed by atoms with van der Waals surface area (Å²) in [7, 11) is 1.32. The lowest BCUT2D eigenvalue weighted by Crippen LogP contribution is -2.51. The maximum atomic E-state index is 13.2. The lowest BCUT2D eigenvalue weighted by molar-refractivity contribution is -0.385. The highest BCUT2D eigenvalue weighted by atomic mass is 16.6. The maximum absolute atomic E-state index is 13.2. The number of nitrogens with zero attached hydrogens (tertiary/aromatic N) is 2. The van der Waals surface area contributed by atoms with Gasteiger partial charge < -0.3 is 19.7 Å². The number of benzene rings is 2. The molecule has 1 saturated carbocycles. The zero-order chi connectivity index (χ0) is 24.5. The Morgan fingerprint density at radius 2 is 1.85 bits per heavy atom. The quantitative estimate of drug-likeness (QED) is 0.418. The molecule has 0 radical (unpaired) electrons. The van der Waals surface area contributed by atoms with Crippen LogP contribution in [0.15, 0.2) is 48.5 Å². The summed E-state index contributed by atoms with van der Waals surface area (Å²) >= 11 is 0. The Morgan fingerprint density at radius 3 is 2.50 bits per heavy atom. The molecule has 0 bridgehead atoms. The molecule has 1 atom stereocenters. The molecular weight excluding hydrogens is 438 g/mol. The van der Waals surface area contributed by atoms with E-state index in [9.17, 15) is 19.7 Å². The molecule has 2 aromatic carbocycles. The van der Waals surface area contributed by atoms with Crippen LogP contribution in [0.2, 0.25) is 0 Å². The Bertz CT molecular complexity index is 991. The average Bonchev–Trinajstić information content (AvgIpc) is 2.86. The lowest BCUT2D eigenvalue weighted by atomic mass is 9.95. The molecule has 0 saturated heterocycles. The van der Waals surface area contributed by atoms with Gasteiger partial charge >= 0.3 is 5.69 Å². The van der Waals surface area contributed by atoms with Crippen molar-refractivity contribution in [1.29, 1.82) is 0 Å². The minimum absolute atomic E-state index is 0.0383. The summed E-state index contributed by atoms with van der Waals surface area (Å²) < 4.78 is 10.7. The van der Waals surface area contributed by atoms with Crippen LogP contribution in [0.3, 0.4) is 0 Å². The minimum atomic E-state index is -0.690. The molecule has 3 rings (SSSR count). The Morgan fingerprint density at radius 1 is 1.15 bits per heavy atom. The van der Waals surface area contributed by atoms with Gasteiger partial charge in [-0.3, -0.25) is 19.7 Å². The van der Waals surface area contributed by atoms with E-state index in [2.05, 4.69) is 5.32 Å². The van der Waals surface area contributed by atoms with Gasteiger partial charge in [0.15, 0.2) is 6.61 Å². The predicted octanol–water partition coefficient (Wildman–Crippen LogP) is 3.85. The third-order valence-electron chi connectivity index (χ3n) is 6.02. The molecule has 0 spiro atoms. The standard InChI is InChI=1S/C25H31N3O6/c1-18(25(30)26-20-11-7-4-8-12-20)27(16-19-9-5-3-6-10-19)24(29)17-34-21-13-14-22(28(31)32)23(15-21)33-2/h3,5-6,9-10,13-15,18,20H,4,7-8,11-12,16-17H2,1-2H3,(H,26,30). The third-order valence-corrected chi connectivity index (χ3v) is 6.02. The Kier molecular flexibility index (Phi) is 8.84.